The minimum absolute atomic E-state index is 0.116. The van der Waals surface area contributed by atoms with Crippen LogP contribution >= 0.6 is 0 Å². The number of nitrogens with one attached hydrogen (secondary N) is 1. The minimum atomic E-state index is -3.89. The summed E-state index contributed by atoms with van der Waals surface area (Å²) < 4.78 is 33.7. The molecule has 0 bridgehead atoms. The molecule has 0 unspecified atom stereocenters. The number of benzene rings is 2. The van der Waals surface area contributed by atoms with Gasteiger partial charge in [-0.3, -0.25) is 4.79 Å². The first-order valence-electron chi connectivity index (χ1n) is 7.15. The van der Waals surface area contributed by atoms with E-state index in [0.717, 1.165) is 5.56 Å². The lowest BCUT2D eigenvalue weighted by Crippen LogP contribution is -2.31. The van der Waals surface area contributed by atoms with E-state index in [-0.39, 0.29) is 10.6 Å². The molecular formula is C16H16N2O5S. The number of sulfonamides is 1. The molecule has 0 radical (unpaired) electrons. The number of hydrogen-bond acceptors (Lipinski definition) is 5. The van der Waals surface area contributed by atoms with Crippen LogP contribution in [0.2, 0.25) is 0 Å². The number of methoxy groups -OCH3 is 1. The molecule has 2 aromatic carbocycles. The van der Waals surface area contributed by atoms with Crippen molar-refractivity contribution < 1.29 is 22.7 Å². The van der Waals surface area contributed by atoms with Crippen LogP contribution in [0.5, 0.6) is 11.5 Å². The second-order valence-electron chi connectivity index (χ2n) is 5.31. The lowest BCUT2D eigenvalue weighted by molar-refractivity contribution is -0.122. The van der Waals surface area contributed by atoms with E-state index < -0.39 is 22.0 Å². The molecule has 126 valence electrons. The van der Waals surface area contributed by atoms with Crippen molar-refractivity contribution in [2.24, 2.45) is 5.14 Å². The van der Waals surface area contributed by atoms with Gasteiger partial charge in [0.15, 0.2) is 6.10 Å². The molecule has 0 aromatic heterocycles. The fraction of sp³-hybridized carbons (Fsp3) is 0.188. The Bertz CT molecular complexity index is 870. The maximum atomic E-state index is 12.4. The van der Waals surface area contributed by atoms with Gasteiger partial charge in [0.05, 0.1) is 17.7 Å². The van der Waals surface area contributed by atoms with Crippen molar-refractivity contribution in [3.63, 3.8) is 0 Å². The quantitative estimate of drug-likeness (QED) is 0.865. The number of rotatable bonds is 4. The number of anilines is 1. The van der Waals surface area contributed by atoms with Crippen molar-refractivity contribution in [3.05, 3.63) is 48.0 Å². The summed E-state index contributed by atoms with van der Waals surface area (Å²) in [7, 11) is -2.47. The molecule has 0 spiro atoms. The molecule has 24 heavy (non-hydrogen) atoms. The molecule has 8 heteroatoms. The van der Waals surface area contributed by atoms with Gasteiger partial charge in [-0.15, -0.1) is 0 Å². The summed E-state index contributed by atoms with van der Waals surface area (Å²) in [4.78, 5) is 12.3. The van der Waals surface area contributed by atoms with Crippen LogP contribution in [0, 0.1) is 0 Å². The highest BCUT2D eigenvalue weighted by molar-refractivity contribution is 7.89. The lowest BCUT2D eigenvalue weighted by Gasteiger charge is -2.14. The van der Waals surface area contributed by atoms with Gasteiger partial charge in [-0.2, -0.15) is 0 Å². The molecule has 1 aliphatic rings. The summed E-state index contributed by atoms with van der Waals surface area (Å²) in [5.74, 6) is 0.602. The Kier molecular flexibility index (Phi) is 4.16. The highest BCUT2D eigenvalue weighted by atomic mass is 32.2. The average Bonchev–Trinajstić information content (AvgIpc) is 2.98. The highest BCUT2D eigenvalue weighted by Crippen LogP contribution is 2.31. The molecule has 0 saturated carbocycles. The first-order valence-corrected chi connectivity index (χ1v) is 8.69. The van der Waals surface area contributed by atoms with E-state index in [1.807, 2.05) is 18.2 Å². The Balaban J connectivity index is 1.82. The Hall–Kier alpha value is -2.58. The van der Waals surface area contributed by atoms with E-state index in [1.54, 1.807) is 6.07 Å². The van der Waals surface area contributed by atoms with Crippen LogP contribution in [0.25, 0.3) is 0 Å². The lowest BCUT2D eigenvalue weighted by atomic mass is 10.1. The van der Waals surface area contributed by atoms with E-state index in [9.17, 15) is 13.2 Å². The number of para-hydroxylation sites is 1. The number of hydrogen-bond donors (Lipinski definition) is 2. The van der Waals surface area contributed by atoms with Gasteiger partial charge in [0, 0.05) is 6.42 Å². The molecule has 1 heterocycles. The molecule has 7 nitrogen and oxygen atoms in total. The zero-order valence-corrected chi connectivity index (χ0v) is 13.7. The largest absolute Gasteiger partial charge is 0.495 e. The number of nitrogens with two attached hydrogens (primary N) is 1. The van der Waals surface area contributed by atoms with Gasteiger partial charge in [-0.25, -0.2) is 13.6 Å². The van der Waals surface area contributed by atoms with Crippen LogP contribution in [0.1, 0.15) is 5.56 Å². The van der Waals surface area contributed by atoms with Gasteiger partial charge >= 0.3 is 0 Å². The van der Waals surface area contributed by atoms with Crippen LogP contribution in [0.4, 0.5) is 5.69 Å². The highest BCUT2D eigenvalue weighted by Gasteiger charge is 2.29. The molecule has 3 N–H and O–H groups in total. The summed E-state index contributed by atoms with van der Waals surface area (Å²) in [6, 6.07) is 11.4. The Morgan fingerprint density at radius 3 is 2.71 bits per heavy atom. The fourth-order valence-electron chi connectivity index (χ4n) is 2.50. The number of carbonyl (C=O) groups is 1. The SMILES string of the molecule is COc1ccc(S(N)(=O)=O)cc1NC(=O)[C@@H]1Cc2ccccc2O1. The fourth-order valence-corrected chi connectivity index (χ4v) is 3.04. The maximum Gasteiger partial charge on any atom is 0.265 e. The molecular weight excluding hydrogens is 332 g/mol. The third kappa shape index (κ3) is 3.19. The van der Waals surface area contributed by atoms with Gasteiger partial charge < -0.3 is 14.8 Å². The van der Waals surface area contributed by atoms with E-state index in [2.05, 4.69) is 5.32 Å². The van der Waals surface area contributed by atoms with Crippen molar-refractivity contribution in [2.75, 3.05) is 12.4 Å². The van der Waals surface area contributed by atoms with E-state index in [1.165, 1.54) is 25.3 Å². The standard InChI is InChI=1S/C16H16N2O5S/c1-22-14-7-6-11(24(17,20)21)9-12(14)18-16(19)15-8-10-4-2-3-5-13(10)23-15/h2-7,9,15H,8H2,1H3,(H,18,19)(H2,17,20,21)/t15-/m0/s1. The van der Waals surface area contributed by atoms with Gasteiger partial charge in [-0.05, 0) is 29.8 Å². The number of amides is 1. The van der Waals surface area contributed by atoms with Crippen molar-refractivity contribution in [1.29, 1.82) is 0 Å². The zero-order valence-electron chi connectivity index (χ0n) is 12.9. The maximum absolute atomic E-state index is 12.4. The first-order chi connectivity index (χ1) is 11.4. The number of carbonyl (C=O) groups excluding carboxylic acids is 1. The smallest absolute Gasteiger partial charge is 0.265 e. The summed E-state index contributed by atoms with van der Waals surface area (Å²) in [6.45, 7) is 0. The summed E-state index contributed by atoms with van der Waals surface area (Å²) in [5.41, 5.74) is 1.16. The van der Waals surface area contributed by atoms with Gasteiger partial charge in [-0.1, -0.05) is 18.2 Å². The minimum Gasteiger partial charge on any atom is -0.495 e. The molecule has 1 atom stereocenters. The molecule has 0 aliphatic carbocycles. The normalized spacial score (nSPS) is 16.2. The molecule has 1 amide bonds. The predicted molar refractivity (Wildman–Crippen MR) is 87.6 cm³/mol. The predicted octanol–water partition coefficient (Wildman–Crippen LogP) is 1.28. The monoisotopic (exact) mass is 348 g/mol. The first kappa shape index (κ1) is 16.3. The number of primary sulfonamides is 1. The Morgan fingerprint density at radius 1 is 1.29 bits per heavy atom. The second kappa shape index (κ2) is 6.14. The average molecular weight is 348 g/mol. The number of ether oxygens (including phenoxy) is 2. The number of fused-ring (bicyclic) bond motifs is 1. The molecule has 0 saturated heterocycles. The van der Waals surface area contributed by atoms with Crippen LogP contribution in [-0.2, 0) is 21.2 Å². The van der Waals surface area contributed by atoms with Crippen molar-refractivity contribution in [3.8, 4) is 11.5 Å². The second-order valence-corrected chi connectivity index (χ2v) is 6.88. The topological polar surface area (TPSA) is 108 Å². The van der Waals surface area contributed by atoms with Gasteiger partial charge in [0.2, 0.25) is 10.0 Å². The van der Waals surface area contributed by atoms with Crippen LogP contribution in [0.3, 0.4) is 0 Å². The molecule has 1 aliphatic heterocycles. The van der Waals surface area contributed by atoms with E-state index in [0.29, 0.717) is 17.9 Å². The third-order valence-electron chi connectivity index (χ3n) is 3.70. The van der Waals surface area contributed by atoms with Crippen LogP contribution in [0.15, 0.2) is 47.4 Å². The van der Waals surface area contributed by atoms with Crippen LogP contribution < -0.4 is 19.9 Å². The summed E-state index contributed by atoms with van der Waals surface area (Å²) in [6.07, 6.45) is -0.246. The molecule has 2 aromatic rings. The van der Waals surface area contributed by atoms with Crippen molar-refractivity contribution >= 4 is 21.6 Å². The molecule has 3 rings (SSSR count). The van der Waals surface area contributed by atoms with Gasteiger partial charge in [0.25, 0.3) is 5.91 Å². The third-order valence-corrected chi connectivity index (χ3v) is 4.61. The van der Waals surface area contributed by atoms with Crippen molar-refractivity contribution in [2.45, 2.75) is 17.4 Å². The summed E-state index contributed by atoms with van der Waals surface area (Å²) in [5, 5.41) is 7.76. The zero-order chi connectivity index (χ0) is 17.3. The van der Waals surface area contributed by atoms with E-state index in [4.69, 9.17) is 14.6 Å². The van der Waals surface area contributed by atoms with Crippen LogP contribution in [-0.4, -0.2) is 27.5 Å². The van der Waals surface area contributed by atoms with Gasteiger partial charge in [0.1, 0.15) is 11.5 Å². The Morgan fingerprint density at radius 2 is 2.04 bits per heavy atom. The summed E-state index contributed by atoms with van der Waals surface area (Å²) >= 11 is 0. The molecule has 0 fully saturated rings. The Labute approximate surface area is 139 Å². The van der Waals surface area contributed by atoms with E-state index >= 15 is 0 Å². The van der Waals surface area contributed by atoms with Crippen molar-refractivity contribution in [1.82, 2.24) is 0 Å².